The molecule has 1 aromatic carbocycles. The summed E-state index contributed by atoms with van der Waals surface area (Å²) in [6, 6.07) is 8.33. The predicted octanol–water partition coefficient (Wildman–Crippen LogP) is -1.05. The van der Waals surface area contributed by atoms with Crippen LogP contribution in [-0.4, -0.2) is 0 Å². The van der Waals surface area contributed by atoms with Gasteiger partial charge in [0.2, 0.25) is 0 Å². The zero-order valence-electron chi connectivity index (χ0n) is 7.97. The van der Waals surface area contributed by atoms with Gasteiger partial charge in [0.05, 0.1) is 0 Å². The molecular formula is C11H10ClO2V-3. The standard InChI is InChI=1S/C6H6O.C5H5.ClH.O.V/c7-6-4-2-1-3-5-6;1-2-4-5-3-1;;;/h1-5,7H;1-3H,4H2;1H;;/q;-1;;;/p-2. The van der Waals surface area contributed by atoms with Crippen molar-refractivity contribution in [1.82, 2.24) is 0 Å². The Hall–Kier alpha value is -0.826. The van der Waals surface area contributed by atoms with Gasteiger partial charge in [-0.15, -0.1) is 12.2 Å². The number of benzene rings is 1. The summed E-state index contributed by atoms with van der Waals surface area (Å²) in [5.74, 6) is 0.0718. The van der Waals surface area contributed by atoms with Gasteiger partial charge in [-0.25, -0.2) is 12.2 Å². The minimum atomic E-state index is 0. The van der Waals surface area contributed by atoms with Gasteiger partial charge in [0, 0.05) is 0 Å². The van der Waals surface area contributed by atoms with Gasteiger partial charge >= 0.3 is 21.0 Å². The normalized spacial score (nSPS) is 10.1. The third-order valence-electron chi connectivity index (χ3n) is 1.33. The van der Waals surface area contributed by atoms with E-state index in [4.69, 9.17) is 3.67 Å². The monoisotopic (exact) mass is 260 g/mol. The first-order valence-corrected chi connectivity index (χ1v) is 4.58. The molecule has 0 bridgehead atoms. The molecule has 2 rings (SSSR count). The van der Waals surface area contributed by atoms with Crippen LogP contribution in [0.15, 0.2) is 48.6 Å². The van der Waals surface area contributed by atoms with Crippen LogP contribution >= 0.6 is 0 Å². The first-order chi connectivity index (χ1) is 6.89. The van der Waals surface area contributed by atoms with Gasteiger partial charge in [-0.2, -0.15) is 6.08 Å². The van der Waals surface area contributed by atoms with E-state index in [9.17, 15) is 5.11 Å². The van der Waals surface area contributed by atoms with Crippen molar-refractivity contribution in [2.75, 3.05) is 0 Å². The second kappa shape index (κ2) is 13.2. The number of hydrogen-bond donors (Lipinski definition) is 0. The summed E-state index contributed by atoms with van der Waals surface area (Å²) in [5, 5.41) is 10.3. The molecule has 0 N–H and O–H groups in total. The number of allylic oxidation sites excluding steroid dienone is 4. The fourth-order valence-corrected chi connectivity index (χ4v) is 0.761. The van der Waals surface area contributed by atoms with Crippen molar-refractivity contribution in [1.29, 1.82) is 0 Å². The molecule has 0 fully saturated rings. The first-order valence-electron chi connectivity index (χ1n) is 4.01. The van der Waals surface area contributed by atoms with Crippen LogP contribution < -0.4 is 17.5 Å². The molecule has 4 heteroatoms. The molecule has 0 saturated carbocycles. The van der Waals surface area contributed by atoms with E-state index in [0.717, 1.165) is 23.8 Å². The summed E-state index contributed by atoms with van der Waals surface area (Å²) < 4.78 is 8.19. The van der Waals surface area contributed by atoms with Crippen molar-refractivity contribution in [2.24, 2.45) is 0 Å². The van der Waals surface area contributed by atoms with Crippen LogP contribution in [0.25, 0.3) is 0 Å². The minimum absolute atomic E-state index is 0. The summed E-state index contributed by atoms with van der Waals surface area (Å²) in [7, 11) is 0. The van der Waals surface area contributed by atoms with E-state index in [2.05, 4.69) is 12.2 Å². The molecule has 1 aromatic rings. The zero-order valence-corrected chi connectivity index (χ0v) is 10.1. The van der Waals surface area contributed by atoms with Gasteiger partial charge in [0.15, 0.2) is 0 Å². The van der Waals surface area contributed by atoms with E-state index in [1.807, 2.05) is 18.2 Å². The van der Waals surface area contributed by atoms with Gasteiger partial charge in [-0.05, 0) is 0 Å². The van der Waals surface area contributed by atoms with Crippen LogP contribution in [0.4, 0.5) is 0 Å². The molecule has 0 saturated heterocycles. The van der Waals surface area contributed by atoms with Crippen molar-refractivity contribution in [3.05, 3.63) is 54.6 Å². The molecule has 1 aliphatic rings. The van der Waals surface area contributed by atoms with E-state index in [0.29, 0.717) is 0 Å². The fraction of sp³-hybridized carbons (Fsp3) is 0.0909. The Morgan fingerprint density at radius 2 is 1.80 bits per heavy atom. The van der Waals surface area contributed by atoms with Crippen molar-refractivity contribution < 1.29 is 38.6 Å². The van der Waals surface area contributed by atoms with Gasteiger partial charge in [-0.1, -0.05) is 30.3 Å². The molecule has 0 unspecified atom stereocenters. The van der Waals surface area contributed by atoms with Crippen molar-refractivity contribution in [3.63, 3.8) is 0 Å². The van der Waals surface area contributed by atoms with Crippen LogP contribution in [0.2, 0.25) is 0 Å². The molecule has 0 atom stereocenters. The van der Waals surface area contributed by atoms with E-state index >= 15 is 0 Å². The van der Waals surface area contributed by atoms with E-state index in [1.165, 1.54) is 12.1 Å². The van der Waals surface area contributed by atoms with Gasteiger partial charge in [0.1, 0.15) is 0 Å². The van der Waals surface area contributed by atoms with Crippen molar-refractivity contribution in [3.8, 4) is 5.75 Å². The first kappa shape index (κ1) is 16.6. The number of halogens is 1. The maximum atomic E-state index is 10.3. The second-order valence-corrected chi connectivity index (χ2v) is 2.32. The summed E-state index contributed by atoms with van der Waals surface area (Å²) in [5.41, 5.74) is 0. The second-order valence-electron chi connectivity index (χ2n) is 2.32. The summed E-state index contributed by atoms with van der Waals surface area (Å²) in [6.45, 7) is 0. The van der Waals surface area contributed by atoms with E-state index in [-0.39, 0.29) is 18.2 Å². The molecular weight excluding hydrogens is 251 g/mol. The summed E-state index contributed by atoms with van der Waals surface area (Å²) in [6.07, 6.45) is 10.0. The Morgan fingerprint density at radius 1 is 1.20 bits per heavy atom. The molecule has 0 amide bonds. The molecule has 0 radical (unpaired) electrons. The molecule has 0 aromatic heterocycles. The van der Waals surface area contributed by atoms with Crippen LogP contribution in [0.5, 0.6) is 5.75 Å². The van der Waals surface area contributed by atoms with Gasteiger partial charge in [0.25, 0.3) is 0 Å². The van der Waals surface area contributed by atoms with Crippen LogP contribution in [0.1, 0.15) is 6.42 Å². The Labute approximate surface area is 105 Å². The Morgan fingerprint density at radius 3 is 2.00 bits per heavy atom. The van der Waals surface area contributed by atoms with Crippen LogP contribution in [-0.2, 0) is 21.0 Å². The predicted molar refractivity (Wildman–Crippen MR) is 48.1 cm³/mol. The van der Waals surface area contributed by atoms with Crippen LogP contribution in [0.3, 0.4) is 0 Å². The van der Waals surface area contributed by atoms with Crippen molar-refractivity contribution in [2.45, 2.75) is 6.42 Å². The Kier molecular flexibility index (Phi) is 14.6. The number of rotatable bonds is 0. The average Bonchev–Trinajstić information content (AvgIpc) is 2.80. The molecule has 0 heterocycles. The van der Waals surface area contributed by atoms with Gasteiger partial charge in [-0.3, -0.25) is 6.08 Å². The maximum absolute atomic E-state index is 10.3. The molecule has 1 aliphatic carbocycles. The fourth-order valence-electron chi connectivity index (χ4n) is 0.761. The average molecular weight is 261 g/mol. The Balaban J connectivity index is 0. The molecule has 0 aliphatic heterocycles. The van der Waals surface area contributed by atoms with E-state index in [1.54, 1.807) is 12.1 Å². The molecule has 81 valence electrons. The van der Waals surface area contributed by atoms with Gasteiger partial charge < -0.3 is 17.5 Å². The summed E-state index contributed by atoms with van der Waals surface area (Å²) in [4.78, 5) is 0. The topological polar surface area (TPSA) is 40.1 Å². The quantitative estimate of drug-likeness (QED) is 0.559. The zero-order chi connectivity index (χ0) is 10.6. The number of hydrogen-bond acceptors (Lipinski definition) is 2. The van der Waals surface area contributed by atoms with Crippen molar-refractivity contribution >= 4 is 0 Å². The SMILES string of the molecule is [C-]1=CC=CC1.[Cl-].[O-]c1ccccc1.[O]=[V]. The summed E-state index contributed by atoms with van der Waals surface area (Å²) >= 11 is 1.06. The molecule has 2 nitrogen and oxygen atoms in total. The molecule has 15 heavy (non-hydrogen) atoms. The van der Waals surface area contributed by atoms with Crippen LogP contribution in [0, 0.1) is 6.08 Å². The van der Waals surface area contributed by atoms with E-state index < -0.39 is 0 Å². The Bertz CT molecular complexity index is 276. The third kappa shape index (κ3) is 11.1. The number of para-hydroxylation sites is 1. The molecule has 0 spiro atoms. The third-order valence-corrected chi connectivity index (χ3v) is 1.33.